The van der Waals surface area contributed by atoms with E-state index < -0.39 is 0 Å². The number of hydrogen-bond donors (Lipinski definition) is 1. The van der Waals surface area contributed by atoms with E-state index in [9.17, 15) is 4.39 Å². The summed E-state index contributed by atoms with van der Waals surface area (Å²) in [5, 5.41) is 0.170. The van der Waals surface area contributed by atoms with Gasteiger partial charge in [-0.2, -0.15) is 0 Å². The zero-order chi connectivity index (χ0) is 11.4. The highest BCUT2D eigenvalue weighted by Crippen LogP contribution is 2.20. The minimum Gasteiger partial charge on any atom is -0.327 e. The molecule has 84 valence electrons. The molecular formula is C12H17ClFN. The molecule has 3 heteroatoms. The summed E-state index contributed by atoms with van der Waals surface area (Å²) >= 11 is 5.69. The van der Waals surface area contributed by atoms with Crippen LogP contribution in [-0.2, 0) is 6.42 Å². The van der Waals surface area contributed by atoms with Gasteiger partial charge in [-0.1, -0.05) is 44.0 Å². The Morgan fingerprint density at radius 1 is 1.47 bits per heavy atom. The molecule has 2 atom stereocenters. The molecule has 0 bridgehead atoms. The van der Waals surface area contributed by atoms with Crippen LogP contribution in [0.25, 0.3) is 0 Å². The van der Waals surface area contributed by atoms with Gasteiger partial charge in [-0.05, 0) is 24.0 Å². The summed E-state index contributed by atoms with van der Waals surface area (Å²) in [6.07, 6.45) is 1.55. The first-order valence-electron chi connectivity index (χ1n) is 5.24. The standard InChI is InChI=1S/C12H17ClFN/c1-3-8(2)11(15)7-9-5-4-6-10(13)12(9)14/h4-6,8,11H,3,7,15H2,1-2H3. The van der Waals surface area contributed by atoms with Crippen molar-refractivity contribution < 1.29 is 4.39 Å². The topological polar surface area (TPSA) is 26.0 Å². The molecule has 0 aliphatic carbocycles. The molecular weight excluding hydrogens is 213 g/mol. The van der Waals surface area contributed by atoms with Gasteiger partial charge in [-0.25, -0.2) is 4.39 Å². The molecule has 0 heterocycles. The first kappa shape index (κ1) is 12.5. The fourth-order valence-electron chi connectivity index (χ4n) is 1.46. The average molecular weight is 230 g/mol. The van der Waals surface area contributed by atoms with Crippen molar-refractivity contribution in [2.24, 2.45) is 11.7 Å². The maximum Gasteiger partial charge on any atom is 0.145 e. The van der Waals surface area contributed by atoms with Gasteiger partial charge in [0.2, 0.25) is 0 Å². The summed E-state index contributed by atoms with van der Waals surface area (Å²) in [4.78, 5) is 0. The highest BCUT2D eigenvalue weighted by atomic mass is 35.5. The third-order valence-electron chi connectivity index (χ3n) is 2.86. The van der Waals surface area contributed by atoms with Gasteiger partial charge in [0, 0.05) is 6.04 Å². The quantitative estimate of drug-likeness (QED) is 0.842. The van der Waals surface area contributed by atoms with Crippen molar-refractivity contribution in [3.05, 3.63) is 34.6 Å². The van der Waals surface area contributed by atoms with E-state index in [1.807, 2.05) is 0 Å². The van der Waals surface area contributed by atoms with E-state index in [0.717, 1.165) is 6.42 Å². The van der Waals surface area contributed by atoms with E-state index in [1.165, 1.54) is 0 Å². The van der Waals surface area contributed by atoms with Crippen LogP contribution >= 0.6 is 11.6 Å². The lowest BCUT2D eigenvalue weighted by Crippen LogP contribution is -2.30. The van der Waals surface area contributed by atoms with Crippen LogP contribution in [0.4, 0.5) is 4.39 Å². The van der Waals surface area contributed by atoms with Crippen LogP contribution in [0.3, 0.4) is 0 Å². The van der Waals surface area contributed by atoms with Crippen LogP contribution in [0.5, 0.6) is 0 Å². The maximum atomic E-state index is 13.5. The predicted octanol–water partition coefficient (Wildman–Crippen LogP) is 3.40. The molecule has 0 aliphatic heterocycles. The summed E-state index contributed by atoms with van der Waals surface area (Å²) in [6, 6.07) is 5.03. The molecule has 0 saturated heterocycles. The van der Waals surface area contributed by atoms with Crippen molar-refractivity contribution in [3.63, 3.8) is 0 Å². The smallest absolute Gasteiger partial charge is 0.145 e. The van der Waals surface area contributed by atoms with Crippen molar-refractivity contribution in [1.82, 2.24) is 0 Å². The summed E-state index contributed by atoms with van der Waals surface area (Å²) in [7, 11) is 0. The fourth-order valence-corrected chi connectivity index (χ4v) is 1.66. The fraction of sp³-hybridized carbons (Fsp3) is 0.500. The average Bonchev–Trinajstić information content (AvgIpc) is 2.23. The molecule has 2 unspecified atom stereocenters. The summed E-state index contributed by atoms with van der Waals surface area (Å²) in [5.74, 6) is 0.0568. The van der Waals surface area contributed by atoms with Gasteiger partial charge in [0.25, 0.3) is 0 Å². The second-order valence-electron chi connectivity index (χ2n) is 3.97. The monoisotopic (exact) mass is 229 g/mol. The van der Waals surface area contributed by atoms with Gasteiger partial charge >= 0.3 is 0 Å². The van der Waals surface area contributed by atoms with E-state index in [-0.39, 0.29) is 16.9 Å². The Kier molecular flexibility index (Phi) is 4.55. The third-order valence-corrected chi connectivity index (χ3v) is 3.15. The molecule has 1 aromatic carbocycles. The number of hydrogen-bond acceptors (Lipinski definition) is 1. The molecule has 0 aromatic heterocycles. The largest absolute Gasteiger partial charge is 0.327 e. The Labute approximate surface area is 95.4 Å². The second kappa shape index (κ2) is 5.47. The second-order valence-corrected chi connectivity index (χ2v) is 4.37. The van der Waals surface area contributed by atoms with E-state index in [2.05, 4.69) is 13.8 Å². The van der Waals surface area contributed by atoms with Crippen molar-refractivity contribution in [1.29, 1.82) is 0 Å². The Morgan fingerprint density at radius 3 is 2.73 bits per heavy atom. The first-order chi connectivity index (χ1) is 7.06. The molecule has 0 amide bonds. The first-order valence-corrected chi connectivity index (χ1v) is 5.62. The summed E-state index contributed by atoms with van der Waals surface area (Å²) < 4.78 is 13.5. The maximum absolute atomic E-state index is 13.5. The molecule has 1 rings (SSSR count). The highest BCUT2D eigenvalue weighted by molar-refractivity contribution is 6.30. The Balaban J connectivity index is 2.76. The third kappa shape index (κ3) is 3.18. The molecule has 0 spiro atoms. The Bertz CT molecular complexity index is 327. The van der Waals surface area contributed by atoms with Gasteiger partial charge in [0.1, 0.15) is 5.82 Å². The Morgan fingerprint density at radius 2 is 2.13 bits per heavy atom. The normalized spacial score (nSPS) is 15.0. The molecule has 15 heavy (non-hydrogen) atoms. The zero-order valence-corrected chi connectivity index (χ0v) is 9.89. The van der Waals surface area contributed by atoms with Crippen LogP contribution in [0.2, 0.25) is 5.02 Å². The van der Waals surface area contributed by atoms with Crippen molar-refractivity contribution in [2.75, 3.05) is 0 Å². The lowest BCUT2D eigenvalue weighted by Gasteiger charge is -2.18. The lowest BCUT2D eigenvalue weighted by molar-refractivity contribution is 0.434. The minimum absolute atomic E-state index is 0.0111. The van der Waals surface area contributed by atoms with E-state index in [1.54, 1.807) is 18.2 Å². The molecule has 1 nitrogen and oxygen atoms in total. The van der Waals surface area contributed by atoms with Crippen molar-refractivity contribution >= 4 is 11.6 Å². The zero-order valence-electron chi connectivity index (χ0n) is 9.13. The SMILES string of the molecule is CCC(C)C(N)Cc1cccc(Cl)c1F. The summed E-state index contributed by atoms with van der Waals surface area (Å²) in [6.45, 7) is 4.16. The molecule has 1 aromatic rings. The number of nitrogens with two attached hydrogens (primary N) is 1. The van der Waals surface area contributed by atoms with E-state index >= 15 is 0 Å². The van der Waals surface area contributed by atoms with Crippen LogP contribution in [0.15, 0.2) is 18.2 Å². The van der Waals surface area contributed by atoms with Gasteiger partial charge in [0.05, 0.1) is 5.02 Å². The van der Waals surface area contributed by atoms with Gasteiger partial charge in [0.15, 0.2) is 0 Å². The Hall–Kier alpha value is -0.600. The van der Waals surface area contributed by atoms with Gasteiger partial charge in [-0.15, -0.1) is 0 Å². The minimum atomic E-state index is -0.335. The van der Waals surface area contributed by atoms with Crippen LogP contribution in [0.1, 0.15) is 25.8 Å². The van der Waals surface area contributed by atoms with Crippen LogP contribution in [0, 0.1) is 11.7 Å². The van der Waals surface area contributed by atoms with Crippen LogP contribution < -0.4 is 5.73 Å². The number of benzene rings is 1. The lowest BCUT2D eigenvalue weighted by atomic mass is 9.94. The number of halogens is 2. The van der Waals surface area contributed by atoms with E-state index in [0.29, 0.717) is 17.9 Å². The predicted molar refractivity (Wildman–Crippen MR) is 62.5 cm³/mol. The van der Waals surface area contributed by atoms with Crippen molar-refractivity contribution in [3.8, 4) is 0 Å². The number of rotatable bonds is 4. The molecule has 0 fully saturated rings. The van der Waals surface area contributed by atoms with Gasteiger partial charge in [-0.3, -0.25) is 0 Å². The summed E-state index contributed by atoms with van der Waals surface area (Å²) in [5.41, 5.74) is 6.58. The van der Waals surface area contributed by atoms with Crippen molar-refractivity contribution in [2.45, 2.75) is 32.7 Å². The highest BCUT2D eigenvalue weighted by Gasteiger charge is 2.14. The molecule has 0 saturated carbocycles. The molecule has 2 N–H and O–H groups in total. The molecule has 0 radical (unpaired) electrons. The van der Waals surface area contributed by atoms with E-state index in [4.69, 9.17) is 17.3 Å². The van der Waals surface area contributed by atoms with Crippen LogP contribution in [-0.4, -0.2) is 6.04 Å². The van der Waals surface area contributed by atoms with Gasteiger partial charge < -0.3 is 5.73 Å². The molecule has 0 aliphatic rings.